The van der Waals surface area contributed by atoms with Gasteiger partial charge in [-0.05, 0) is 31.2 Å². The van der Waals surface area contributed by atoms with Crippen LogP contribution in [-0.4, -0.2) is 79.6 Å². The Balaban J connectivity index is 1.29. The van der Waals surface area contributed by atoms with Crippen LogP contribution in [0.1, 0.15) is 6.92 Å². The highest BCUT2D eigenvalue weighted by Gasteiger charge is 2.26. The number of carbonyl (C=O) groups is 1. The third-order valence-electron chi connectivity index (χ3n) is 5.29. The summed E-state index contributed by atoms with van der Waals surface area (Å²) in [5.41, 5.74) is 0. The lowest BCUT2D eigenvalue weighted by Gasteiger charge is -2.36. The minimum absolute atomic E-state index is 0.0160. The lowest BCUT2D eigenvalue weighted by molar-refractivity contribution is -0.138. The molecule has 29 heavy (non-hydrogen) atoms. The SMILES string of the molecule is C[C@@H](Oc1ccccc1)C(=O)N1CCN(c2ccc(N3CCOCC3)nn2)CC1. The van der Waals surface area contributed by atoms with E-state index in [0.29, 0.717) is 18.8 Å². The molecule has 0 spiro atoms. The van der Waals surface area contributed by atoms with Crippen LogP contribution in [0.2, 0.25) is 0 Å². The molecule has 0 unspecified atom stereocenters. The standard InChI is InChI=1S/C21H27N5O3/c1-17(29-18-5-3-2-4-6-18)21(27)26-11-9-24(10-12-26)19-7-8-20(23-22-19)25-13-15-28-16-14-25/h2-8,17H,9-16H2,1H3/t17-/m1/s1. The van der Waals surface area contributed by atoms with Crippen molar-refractivity contribution in [3.63, 3.8) is 0 Å². The average Bonchev–Trinajstić information content (AvgIpc) is 2.80. The molecule has 8 nitrogen and oxygen atoms in total. The number of nitrogens with zero attached hydrogens (tertiary/aromatic N) is 5. The Hall–Kier alpha value is -2.87. The molecule has 0 saturated carbocycles. The van der Waals surface area contributed by atoms with Gasteiger partial charge < -0.3 is 24.2 Å². The van der Waals surface area contributed by atoms with Crippen molar-refractivity contribution in [1.82, 2.24) is 15.1 Å². The number of benzene rings is 1. The van der Waals surface area contributed by atoms with Crippen LogP contribution in [0.3, 0.4) is 0 Å². The number of carbonyl (C=O) groups excluding carboxylic acids is 1. The van der Waals surface area contributed by atoms with Gasteiger partial charge in [0, 0.05) is 39.3 Å². The molecule has 0 aliphatic carbocycles. The van der Waals surface area contributed by atoms with E-state index in [0.717, 1.165) is 51.0 Å². The van der Waals surface area contributed by atoms with E-state index in [-0.39, 0.29) is 5.91 Å². The van der Waals surface area contributed by atoms with Crippen LogP contribution < -0.4 is 14.5 Å². The summed E-state index contributed by atoms with van der Waals surface area (Å²) in [6.07, 6.45) is -0.503. The molecule has 0 bridgehead atoms. The lowest BCUT2D eigenvalue weighted by atomic mass is 10.2. The molecule has 3 heterocycles. The fourth-order valence-corrected chi connectivity index (χ4v) is 3.61. The van der Waals surface area contributed by atoms with Gasteiger partial charge in [0.1, 0.15) is 5.75 Å². The minimum Gasteiger partial charge on any atom is -0.481 e. The number of hydrogen-bond donors (Lipinski definition) is 0. The van der Waals surface area contributed by atoms with Gasteiger partial charge in [0.05, 0.1) is 13.2 Å². The Morgan fingerprint density at radius 1 is 0.897 bits per heavy atom. The molecule has 1 amide bonds. The number of morpholine rings is 1. The molecular formula is C21H27N5O3. The summed E-state index contributed by atoms with van der Waals surface area (Å²) < 4.78 is 11.2. The van der Waals surface area contributed by atoms with E-state index in [1.165, 1.54) is 0 Å². The largest absolute Gasteiger partial charge is 0.481 e. The average molecular weight is 397 g/mol. The fourth-order valence-electron chi connectivity index (χ4n) is 3.61. The summed E-state index contributed by atoms with van der Waals surface area (Å²) in [7, 11) is 0. The summed E-state index contributed by atoms with van der Waals surface area (Å²) in [6.45, 7) is 7.71. The number of aromatic nitrogens is 2. The maximum Gasteiger partial charge on any atom is 0.263 e. The molecule has 4 rings (SSSR count). The zero-order chi connectivity index (χ0) is 20.1. The van der Waals surface area contributed by atoms with Crippen molar-refractivity contribution in [2.24, 2.45) is 0 Å². The second kappa shape index (κ2) is 9.09. The Kier molecular flexibility index (Phi) is 6.09. The maximum atomic E-state index is 12.7. The Bertz CT molecular complexity index is 788. The number of piperazine rings is 1. The molecule has 1 atom stereocenters. The van der Waals surface area contributed by atoms with E-state index in [4.69, 9.17) is 9.47 Å². The highest BCUT2D eigenvalue weighted by molar-refractivity contribution is 5.81. The van der Waals surface area contributed by atoms with Gasteiger partial charge in [-0.2, -0.15) is 0 Å². The van der Waals surface area contributed by atoms with Crippen LogP contribution in [0.4, 0.5) is 11.6 Å². The molecular weight excluding hydrogens is 370 g/mol. The molecule has 154 valence electrons. The predicted octanol–water partition coefficient (Wildman–Crippen LogP) is 1.43. The van der Waals surface area contributed by atoms with Crippen molar-refractivity contribution in [3.05, 3.63) is 42.5 Å². The van der Waals surface area contributed by atoms with E-state index in [2.05, 4.69) is 20.0 Å². The molecule has 2 fully saturated rings. The third-order valence-corrected chi connectivity index (χ3v) is 5.29. The van der Waals surface area contributed by atoms with Gasteiger partial charge >= 0.3 is 0 Å². The van der Waals surface area contributed by atoms with Gasteiger partial charge in [-0.15, -0.1) is 10.2 Å². The van der Waals surface area contributed by atoms with Gasteiger partial charge in [0.15, 0.2) is 17.7 Å². The van der Waals surface area contributed by atoms with Crippen molar-refractivity contribution in [2.75, 3.05) is 62.3 Å². The number of amides is 1. The quantitative estimate of drug-likeness (QED) is 0.756. The van der Waals surface area contributed by atoms with Gasteiger partial charge in [-0.1, -0.05) is 18.2 Å². The van der Waals surface area contributed by atoms with Crippen molar-refractivity contribution in [2.45, 2.75) is 13.0 Å². The summed E-state index contributed by atoms with van der Waals surface area (Å²) in [6, 6.07) is 13.5. The van der Waals surface area contributed by atoms with E-state index < -0.39 is 6.10 Å². The Labute approximate surface area is 171 Å². The second-order valence-electron chi connectivity index (χ2n) is 7.23. The molecule has 1 aromatic heterocycles. The second-order valence-corrected chi connectivity index (χ2v) is 7.23. The first-order chi connectivity index (χ1) is 14.2. The molecule has 0 radical (unpaired) electrons. The van der Waals surface area contributed by atoms with E-state index in [1.54, 1.807) is 6.92 Å². The van der Waals surface area contributed by atoms with Crippen molar-refractivity contribution in [3.8, 4) is 5.75 Å². The highest BCUT2D eigenvalue weighted by atomic mass is 16.5. The van der Waals surface area contributed by atoms with Crippen LogP contribution >= 0.6 is 0 Å². The van der Waals surface area contributed by atoms with Crippen molar-refractivity contribution < 1.29 is 14.3 Å². The zero-order valence-corrected chi connectivity index (χ0v) is 16.7. The molecule has 8 heteroatoms. The summed E-state index contributed by atoms with van der Waals surface area (Å²) in [5.74, 6) is 2.46. The summed E-state index contributed by atoms with van der Waals surface area (Å²) in [5, 5.41) is 8.79. The van der Waals surface area contributed by atoms with Crippen LogP contribution in [0.5, 0.6) is 5.75 Å². The number of para-hydroxylation sites is 1. The first-order valence-electron chi connectivity index (χ1n) is 10.1. The van der Waals surface area contributed by atoms with Crippen LogP contribution in [0.15, 0.2) is 42.5 Å². The number of hydrogen-bond acceptors (Lipinski definition) is 7. The molecule has 2 aliphatic rings. The molecule has 2 aromatic rings. The summed E-state index contributed by atoms with van der Waals surface area (Å²) in [4.78, 5) is 18.9. The van der Waals surface area contributed by atoms with Crippen LogP contribution in [0.25, 0.3) is 0 Å². The minimum atomic E-state index is -0.503. The Morgan fingerprint density at radius 3 is 2.07 bits per heavy atom. The highest BCUT2D eigenvalue weighted by Crippen LogP contribution is 2.18. The smallest absolute Gasteiger partial charge is 0.263 e. The lowest BCUT2D eigenvalue weighted by Crippen LogP contribution is -2.52. The van der Waals surface area contributed by atoms with E-state index in [9.17, 15) is 4.79 Å². The van der Waals surface area contributed by atoms with Gasteiger partial charge in [0.2, 0.25) is 0 Å². The summed E-state index contributed by atoms with van der Waals surface area (Å²) >= 11 is 0. The molecule has 2 aliphatic heterocycles. The fraction of sp³-hybridized carbons (Fsp3) is 0.476. The first-order valence-corrected chi connectivity index (χ1v) is 10.1. The zero-order valence-electron chi connectivity index (χ0n) is 16.7. The van der Waals surface area contributed by atoms with Crippen LogP contribution in [-0.2, 0) is 9.53 Å². The van der Waals surface area contributed by atoms with Gasteiger partial charge in [-0.25, -0.2) is 0 Å². The van der Waals surface area contributed by atoms with Gasteiger partial charge in [-0.3, -0.25) is 4.79 Å². The van der Waals surface area contributed by atoms with Gasteiger partial charge in [0.25, 0.3) is 5.91 Å². The van der Waals surface area contributed by atoms with E-state index in [1.807, 2.05) is 47.4 Å². The third kappa shape index (κ3) is 4.76. The van der Waals surface area contributed by atoms with Crippen molar-refractivity contribution >= 4 is 17.5 Å². The van der Waals surface area contributed by atoms with Crippen molar-refractivity contribution in [1.29, 1.82) is 0 Å². The normalized spacial score (nSPS) is 18.4. The number of rotatable bonds is 5. The topological polar surface area (TPSA) is 71.0 Å². The predicted molar refractivity (Wildman–Crippen MR) is 110 cm³/mol. The Morgan fingerprint density at radius 2 is 1.48 bits per heavy atom. The van der Waals surface area contributed by atoms with E-state index >= 15 is 0 Å². The number of anilines is 2. The molecule has 0 N–H and O–H groups in total. The van der Waals surface area contributed by atoms with Crippen LogP contribution in [0, 0.1) is 0 Å². The first kappa shape index (κ1) is 19.4. The molecule has 2 saturated heterocycles. The number of ether oxygens (including phenoxy) is 2. The maximum absolute atomic E-state index is 12.7. The molecule has 1 aromatic carbocycles. The monoisotopic (exact) mass is 397 g/mol.